The number of aromatic nitrogens is 2. The molecule has 0 saturated carbocycles. The SMILES string of the molecule is CNC(=O)[C@@H](NC(=O)c1nc(C2CCN(S(=O)(=O)c3ccccc3)CC2)n2c1CN(C)CCC2)C(C)(C)C. The molecule has 0 radical (unpaired) electrons. The van der Waals surface area contributed by atoms with Crippen LogP contribution in [0.4, 0.5) is 0 Å². The van der Waals surface area contributed by atoms with Crippen LogP contribution in [0.3, 0.4) is 0 Å². The highest BCUT2D eigenvalue weighted by molar-refractivity contribution is 7.89. The summed E-state index contributed by atoms with van der Waals surface area (Å²) in [5.41, 5.74) is 0.719. The molecule has 2 aromatic rings. The lowest BCUT2D eigenvalue weighted by molar-refractivity contribution is -0.124. The van der Waals surface area contributed by atoms with Crippen molar-refractivity contribution in [2.75, 3.05) is 33.7 Å². The van der Waals surface area contributed by atoms with Crippen LogP contribution in [-0.4, -0.2) is 78.8 Å². The number of likely N-dealkylation sites (N-methyl/N-ethyl adjacent to an activating group) is 1. The molecule has 2 amide bonds. The van der Waals surface area contributed by atoms with Crippen molar-refractivity contribution in [2.45, 2.75) is 70.0 Å². The van der Waals surface area contributed by atoms with Crippen molar-refractivity contribution in [1.82, 2.24) is 29.4 Å². The molecule has 1 aromatic heterocycles. The highest BCUT2D eigenvalue weighted by Crippen LogP contribution is 2.33. The van der Waals surface area contributed by atoms with Gasteiger partial charge >= 0.3 is 0 Å². The van der Waals surface area contributed by atoms with E-state index in [1.807, 2.05) is 27.8 Å². The summed E-state index contributed by atoms with van der Waals surface area (Å²) >= 11 is 0. The number of nitrogens with zero attached hydrogens (tertiary/aromatic N) is 4. The second-order valence-corrected chi connectivity index (χ2v) is 13.3. The van der Waals surface area contributed by atoms with E-state index < -0.39 is 21.5 Å². The largest absolute Gasteiger partial charge is 0.357 e. The monoisotopic (exact) mass is 544 g/mol. The smallest absolute Gasteiger partial charge is 0.272 e. The minimum Gasteiger partial charge on any atom is -0.357 e. The average Bonchev–Trinajstić information content (AvgIpc) is 3.12. The third kappa shape index (κ3) is 5.79. The van der Waals surface area contributed by atoms with E-state index in [0.29, 0.717) is 43.1 Å². The van der Waals surface area contributed by atoms with Crippen LogP contribution >= 0.6 is 0 Å². The first-order valence-corrected chi connectivity index (χ1v) is 14.7. The van der Waals surface area contributed by atoms with Crippen LogP contribution in [0, 0.1) is 5.41 Å². The summed E-state index contributed by atoms with van der Waals surface area (Å²) in [7, 11) is 0.0429. The fourth-order valence-electron chi connectivity index (χ4n) is 5.36. The first-order valence-electron chi connectivity index (χ1n) is 13.3. The molecule has 4 rings (SSSR count). The maximum Gasteiger partial charge on any atom is 0.272 e. The van der Waals surface area contributed by atoms with E-state index in [-0.39, 0.29) is 17.7 Å². The number of hydrogen-bond donors (Lipinski definition) is 2. The van der Waals surface area contributed by atoms with Gasteiger partial charge in [0.15, 0.2) is 5.69 Å². The van der Waals surface area contributed by atoms with Gasteiger partial charge in [-0.2, -0.15) is 4.31 Å². The molecule has 0 bridgehead atoms. The van der Waals surface area contributed by atoms with Crippen molar-refractivity contribution in [2.24, 2.45) is 5.41 Å². The lowest BCUT2D eigenvalue weighted by atomic mass is 9.86. The van der Waals surface area contributed by atoms with Crippen molar-refractivity contribution >= 4 is 21.8 Å². The van der Waals surface area contributed by atoms with E-state index in [4.69, 9.17) is 4.98 Å². The zero-order valence-electron chi connectivity index (χ0n) is 23.0. The standard InChI is InChI=1S/C27H40N6O4S/c1-27(2,3)23(26(35)28-4)30-25(34)22-21-18-31(5)14-9-15-33(21)24(29-22)19-12-16-32(17-13-19)38(36,37)20-10-7-6-8-11-20/h6-8,10-11,19,23H,9,12-18H2,1-5H3,(H,28,35)(H,30,34)/t23-/m1/s1. The first-order chi connectivity index (χ1) is 17.9. The third-order valence-electron chi connectivity index (χ3n) is 7.51. The molecule has 1 fully saturated rings. The zero-order valence-corrected chi connectivity index (χ0v) is 23.8. The van der Waals surface area contributed by atoms with Crippen molar-refractivity contribution in [3.05, 3.63) is 47.5 Å². The maximum absolute atomic E-state index is 13.6. The molecule has 3 heterocycles. The Balaban J connectivity index is 1.60. The van der Waals surface area contributed by atoms with Gasteiger partial charge in [0.25, 0.3) is 5.91 Å². The number of carbonyl (C=O) groups excluding carboxylic acids is 2. The predicted octanol–water partition coefficient (Wildman–Crippen LogP) is 2.18. The Morgan fingerprint density at radius 2 is 1.71 bits per heavy atom. The Labute approximate surface area is 225 Å². The van der Waals surface area contributed by atoms with Gasteiger partial charge in [-0.05, 0) is 50.4 Å². The summed E-state index contributed by atoms with van der Waals surface area (Å²) in [6.45, 7) is 8.76. The van der Waals surface area contributed by atoms with Gasteiger partial charge in [0.2, 0.25) is 15.9 Å². The number of piperidine rings is 1. The highest BCUT2D eigenvalue weighted by atomic mass is 32.2. The average molecular weight is 545 g/mol. The van der Waals surface area contributed by atoms with Gasteiger partial charge in [-0.1, -0.05) is 39.0 Å². The molecule has 1 atom stereocenters. The van der Waals surface area contributed by atoms with Crippen molar-refractivity contribution in [3.8, 4) is 0 Å². The molecule has 0 aliphatic carbocycles. The minimum atomic E-state index is -3.55. The van der Waals surface area contributed by atoms with E-state index in [0.717, 1.165) is 31.0 Å². The van der Waals surface area contributed by atoms with E-state index in [1.54, 1.807) is 41.7 Å². The summed E-state index contributed by atoms with van der Waals surface area (Å²) in [5.74, 6) is 0.270. The molecule has 11 heteroatoms. The maximum atomic E-state index is 13.6. The molecule has 38 heavy (non-hydrogen) atoms. The van der Waals surface area contributed by atoms with Gasteiger partial charge in [-0.15, -0.1) is 0 Å². The lowest BCUT2D eigenvalue weighted by Crippen LogP contribution is -2.53. The molecular formula is C27H40N6O4S. The molecular weight excluding hydrogens is 504 g/mol. The van der Waals surface area contributed by atoms with Crippen LogP contribution < -0.4 is 10.6 Å². The number of amides is 2. The van der Waals surface area contributed by atoms with Gasteiger partial charge < -0.3 is 20.1 Å². The van der Waals surface area contributed by atoms with Crippen LogP contribution in [-0.2, 0) is 27.9 Å². The Morgan fingerprint density at radius 1 is 1.05 bits per heavy atom. The van der Waals surface area contributed by atoms with E-state index in [9.17, 15) is 18.0 Å². The number of fused-ring (bicyclic) bond motifs is 1. The van der Waals surface area contributed by atoms with Crippen LogP contribution in [0.1, 0.15) is 68.0 Å². The molecule has 1 saturated heterocycles. The molecule has 0 unspecified atom stereocenters. The third-order valence-corrected chi connectivity index (χ3v) is 9.42. The second kappa shape index (κ2) is 11.2. The number of nitrogens with one attached hydrogen (secondary N) is 2. The molecule has 0 spiro atoms. The molecule has 2 aliphatic rings. The number of imidazole rings is 1. The van der Waals surface area contributed by atoms with Gasteiger partial charge in [-0.3, -0.25) is 9.59 Å². The Bertz CT molecular complexity index is 1260. The highest BCUT2D eigenvalue weighted by Gasteiger charge is 2.37. The second-order valence-electron chi connectivity index (χ2n) is 11.4. The van der Waals surface area contributed by atoms with Gasteiger partial charge in [0.05, 0.1) is 10.6 Å². The molecule has 208 valence electrons. The predicted molar refractivity (Wildman–Crippen MR) is 145 cm³/mol. The summed E-state index contributed by atoms with van der Waals surface area (Å²) in [6, 6.07) is 7.81. The topological polar surface area (TPSA) is 117 Å². The fourth-order valence-corrected chi connectivity index (χ4v) is 6.85. The van der Waals surface area contributed by atoms with Gasteiger partial charge in [-0.25, -0.2) is 13.4 Å². The van der Waals surface area contributed by atoms with E-state index >= 15 is 0 Å². The number of benzene rings is 1. The molecule has 1 aromatic carbocycles. The van der Waals surface area contributed by atoms with Crippen molar-refractivity contribution in [1.29, 1.82) is 0 Å². The van der Waals surface area contributed by atoms with Crippen LogP contribution in [0.2, 0.25) is 0 Å². The van der Waals surface area contributed by atoms with Gasteiger partial charge in [0, 0.05) is 39.1 Å². The zero-order chi connectivity index (χ0) is 27.7. The number of rotatable bonds is 6. The summed E-state index contributed by atoms with van der Waals surface area (Å²) < 4.78 is 29.9. The van der Waals surface area contributed by atoms with Crippen LogP contribution in [0.5, 0.6) is 0 Å². The Kier molecular flexibility index (Phi) is 8.29. The van der Waals surface area contributed by atoms with Crippen LogP contribution in [0.25, 0.3) is 0 Å². The fraction of sp³-hybridized carbons (Fsp3) is 0.593. The van der Waals surface area contributed by atoms with E-state index in [1.165, 1.54) is 0 Å². The quantitative estimate of drug-likeness (QED) is 0.576. The van der Waals surface area contributed by atoms with Crippen LogP contribution in [0.15, 0.2) is 35.2 Å². The first kappa shape index (κ1) is 28.3. The lowest BCUT2D eigenvalue weighted by Gasteiger charge is -2.31. The number of hydrogen-bond acceptors (Lipinski definition) is 6. The summed E-state index contributed by atoms with van der Waals surface area (Å²) in [6.07, 6.45) is 2.18. The molecule has 10 nitrogen and oxygen atoms in total. The molecule has 2 aliphatic heterocycles. The number of sulfonamides is 1. The van der Waals surface area contributed by atoms with E-state index in [2.05, 4.69) is 20.1 Å². The van der Waals surface area contributed by atoms with Crippen molar-refractivity contribution < 1.29 is 18.0 Å². The Morgan fingerprint density at radius 3 is 2.32 bits per heavy atom. The Hall–Kier alpha value is -2.76. The summed E-state index contributed by atoms with van der Waals surface area (Å²) in [5, 5.41) is 5.59. The van der Waals surface area contributed by atoms with Gasteiger partial charge in [0.1, 0.15) is 11.9 Å². The molecule has 2 N–H and O–H groups in total. The minimum absolute atomic E-state index is 0.0401. The normalized spacial score (nSPS) is 18.9. The number of carbonyl (C=O) groups is 2. The van der Waals surface area contributed by atoms with Crippen molar-refractivity contribution in [3.63, 3.8) is 0 Å². The summed E-state index contributed by atoms with van der Waals surface area (Å²) in [4.78, 5) is 33.5.